The van der Waals surface area contributed by atoms with Gasteiger partial charge in [0.2, 0.25) is 6.08 Å². The summed E-state index contributed by atoms with van der Waals surface area (Å²) in [6, 6.07) is 13.7. The fourth-order valence-electron chi connectivity index (χ4n) is 1.67. The number of benzene rings is 2. The highest BCUT2D eigenvalue weighted by molar-refractivity contribution is 5.54. The Morgan fingerprint density at radius 3 is 2.35 bits per heavy atom. The number of isocyanates is 1. The lowest BCUT2D eigenvalue weighted by atomic mass is 10.0. The predicted molar refractivity (Wildman–Crippen MR) is 63.4 cm³/mol. The minimum Gasteiger partial charge on any atom is -0.211 e. The fourth-order valence-corrected chi connectivity index (χ4v) is 1.67. The fraction of sp³-hybridized carbons (Fsp3) is 0.0714. The molecule has 0 saturated carbocycles. The summed E-state index contributed by atoms with van der Waals surface area (Å²) in [6.07, 6.45) is 1.92. The van der Waals surface area contributed by atoms with Crippen LogP contribution in [0.3, 0.4) is 0 Å². The monoisotopic (exact) mass is 227 g/mol. The molecule has 0 fully saturated rings. The Balaban J connectivity index is 2.36. The Bertz CT molecular complexity index is 574. The molecule has 0 radical (unpaired) electrons. The first-order valence-electron chi connectivity index (χ1n) is 5.20. The van der Waals surface area contributed by atoms with Crippen LogP contribution in [-0.4, -0.2) is 6.08 Å². The summed E-state index contributed by atoms with van der Waals surface area (Å²) in [6.45, 7) is 0. The van der Waals surface area contributed by atoms with E-state index in [1.165, 1.54) is 12.1 Å². The van der Waals surface area contributed by atoms with E-state index in [0.717, 1.165) is 5.56 Å². The van der Waals surface area contributed by atoms with Crippen molar-refractivity contribution in [3.05, 3.63) is 65.5 Å². The van der Waals surface area contributed by atoms with Crippen molar-refractivity contribution < 1.29 is 9.18 Å². The third-order valence-corrected chi connectivity index (χ3v) is 2.50. The Kier molecular flexibility index (Phi) is 3.43. The first kappa shape index (κ1) is 11.2. The number of nitrogens with zero attached hydrogens (tertiary/aromatic N) is 1. The highest BCUT2D eigenvalue weighted by Gasteiger charge is 2.05. The van der Waals surface area contributed by atoms with E-state index in [1.54, 1.807) is 30.3 Å². The molecule has 0 bridgehead atoms. The number of halogens is 1. The van der Waals surface area contributed by atoms with E-state index < -0.39 is 0 Å². The zero-order valence-corrected chi connectivity index (χ0v) is 9.06. The number of hydrogen-bond acceptors (Lipinski definition) is 2. The first-order valence-corrected chi connectivity index (χ1v) is 5.20. The zero-order valence-electron chi connectivity index (χ0n) is 9.06. The van der Waals surface area contributed by atoms with Crippen LogP contribution in [0.5, 0.6) is 0 Å². The molecule has 3 heteroatoms. The van der Waals surface area contributed by atoms with E-state index in [2.05, 4.69) is 4.99 Å². The quantitative estimate of drug-likeness (QED) is 0.583. The first-order chi connectivity index (χ1) is 8.31. The van der Waals surface area contributed by atoms with Crippen molar-refractivity contribution >= 4 is 11.8 Å². The SMILES string of the molecule is O=C=Nc1ccccc1Cc1ccccc1F. The van der Waals surface area contributed by atoms with Crippen LogP contribution >= 0.6 is 0 Å². The second kappa shape index (κ2) is 5.19. The molecule has 84 valence electrons. The van der Waals surface area contributed by atoms with Crippen LogP contribution in [0, 0.1) is 5.82 Å². The van der Waals surface area contributed by atoms with Crippen LogP contribution in [0.25, 0.3) is 0 Å². The second-order valence-corrected chi connectivity index (χ2v) is 3.60. The topological polar surface area (TPSA) is 29.4 Å². The molecule has 17 heavy (non-hydrogen) atoms. The molecule has 0 spiro atoms. The molecule has 0 saturated heterocycles. The standard InChI is InChI=1S/C14H10FNO/c15-13-7-3-1-5-11(13)9-12-6-2-4-8-14(12)16-10-17/h1-8H,9H2. The van der Waals surface area contributed by atoms with Crippen molar-refractivity contribution in [1.29, 1.82) is 0 Å². The van der Waals surface area contributed by atoms with E-state index >= 15 is 0 Å². The number of para-hydroxylation sites is 1. The van der Waals surface area contributed by atoms with Gasteiger partial charge in [0.1, 0.15) is 5.82 Å². The minimum atomic E-state index is -0.252. The van der Waals surface area contributed by atoms with Crippen LogP contribution < -0.4 is 0 Å². The molecule has 0 aliphatic carbocycles. The van der Waals surface area contributed by atoms with Gasteiger partial charge in [0.15, 0.2) is 0 Å². The molecule has 0 aliphatic heterocycles. The molecule has 0 amide bonds. The Hall–Kier alpha value is -2.25. The van der Waals surface area contributed by atoms with Gasteiger partial charge in [-0.15, -0.1) is 0 Å². The van der Waals surface area contributed by atoms with Gasteiger partial charge in [0.25, 0.3) is 0 Å². The van der Waals surface area contributed by atoms with Crippen molar-refractivity contribution in [2.24, 2.45) is 4.99 Å². The van der Waals surface area contributed by atoms with Crippen LogP contribution in [0.15, 0.2) is 53.5 Å². The average Bonchev–Trinajstić information content (AvgIpc) is 2.35. The number of carbonyl (C=O) groups excluding carboxylic acids is 1. The lowest BCUT2D eigenvalue weighted by Crippen LogP contribution is -1.92. The normalized spacial score (nSPS) is 9.71. The van der Waals surface area contributed by atoms with Gasteiger partial charge in [-0.2, -0.15) is 4.99 Å². The summed E-state index contributed by atoms with van der Waals surface area (Å²) in [5.41, 5.74) is 1.92. The largest absolute Gasteiger partial charge is 0.240 e. The van der Waals surface area contributed by atoms with Crippen LogP contribution in [-0.2, 0) is 11.2 Å². The summed E-state index contributed by atoms with van der Waals surface area (Å²) < 4.78 is 13.5. The van der Waals surface area contributed by atoms with E-state index in [1.807, 2.05) is 12.1 Å². The van der Waals surface area contributed by atoms with E-state index in [0.29, 0.717) is 17.7 Å². The van der Waals surface area contributed by atoms with Gasteiger partial charge in [0, 0.05) is 6.42 Å². The molecule has 0 unspecified atom stereocenters. The number of hydrogen-bond donors (Lipinski definition) is 0. The van der Waals surface area contributed by atoms with Gasteiger partial charge in [-0.3, -0.25) is 0 Å². The number of rotatable bonds is 3. The Morgan fingerprint density at radius 1 is 1.00 bits per heavy atom. The van der Waals surface area contributed by atoms with Crippen molar-refractivity contribution in [1.82, 2.24) is 0 Å². The highest BCUT2D eigenvalue weighted by Crippen LogP contribution is 2.22. The average molecular weight is 227 g/mol. The molecule has 0 heterocycles. The summed E-state index contributed by atoms with van der Waals surface area (Å²) in [4.78, 5) is 13.9. The smallest absolute Gasteiger partial charge is 0.211 e. The van der Waals surface area contributed by atoms with Crippen LogP contribution in [0.4, 0.5) is 10.1 Å². The van der Waals surface area contributed by atoms with E-state index in [9.17, 15) is 9.18 Å². The zero-order chi connectivity index (χ0) is 12.1. The summed E-state index contributed by atoms with van der Waals surface area (Å²) >= 11 is 0. The van der Waals surface area contributed by atoms with Gasteiger partial charge in [0.05, 0.1) is 5.69 Å². The summed E-state index contributed by atoms with van der Waals surface area (Å²) in [7, 11) is 0. The molecule has 0 atom stereocenters. The van der Waals surface area contributed by atoms with Crippen molar-refractivity contribution in [3.8, 4) is 0 Å². The van der Waals surface area contributed by atoms with E-state index in [4.69, 9.17) is 0 Å². The maximum absolute atomic E-state index is 13.5. The summed E-state index contributed by atoms with van der Waals surface area (Å²) in [5, 5.41) is 0. The highest BCUT2D eigenvalue weighted by atomic mass is 19.1. The molecular weight excluding hydrogens is 217 g/mol. The second-order valence-electron chi connectivity index (χ2n) is 3.60. The predicted octanol–water partition coefficient (Wildman–Crippen LogP) is 3.38. The maximum atomic E-state index is 13.5. The van der Waals surface area contributed by atoms with Crippen LogP contribution in [0.2, 0.25) is 0 Å². The number of aliphatic imine (C=N–C) groups is 1. The summed E-state index contributed by atoms with van der Waals surface area (Å²) in [5.74, 6) is -0.252. The van der Waals surface area contributed by atoms with Crippen molar-refractivity contribution in [3.63, 3.8) is 0 Å². The molecule has 0 aromatic heterocycles. The minimum absolute atomic E-state index is 0.252. The van der Waals surface area contributed by atoms with E-state index in [-0.39, 0.29) is 5.82 Å². The third kappa shape index (κ3) is 2.65. The van der Waals surface area contributed by atoms with Crippen molar-refractivity contribution in [2.45, 2.75) is 6.42 Å². The molecule has 2 aromatic carbocycles. The van der Waals surface area contributed by atoms with Gasteiger partial charge < -0.3 is 0 Å². The van der Waals surface area contributed by atoms with Gasteiger partial charge in [-0.1, -0.05) is 36.4 Å². The van der Waals surface area contributed by atoms with Gasteiger partial charge >= 0.3 is 0 Å². The third-order valence-electron chi connectivity index (χ3n) is 2.50. The van der Waals surface area contributed by atoms with Crippen molar-refractivity contribution in [2.75, 3.05) is 0 Å². The molecule has 2 aromatic rings. The van der Waals surface area contributed by atoms with Crippen LogP contribution in [0.1, 0.15) is 11.1 Å². The Morgan fingerprint density at radius 2 is 1.65 bits per heavy atom. The molecular formula is C14H10FNO. The van der Waals surface area contributed by atoms with Gasteiger partial charge in [-0.05, 0) is 23.3 Å². The Labute approximate surface area is 98.4 Å². The molecule has 0 aliphatic rings. The lowest BCUT2D eigenvalue weighted by molar-refractivity contribution is 0.565. The molecule has 2 nitrogen and oxygen atoms in total. The maximum Gasteiger partial charge on any atom is 0.240 e. The lowest BCUT2D eigenvalue weighted by Gasteiger charge is -2.05. The molecule has 2 rings (SSSR count). The van der Waals surface area contributed by atoms with Gasteiger partial charge in [-0.25, -0.2) is 9.18 Å². The molecule has 0 N–H and O–H groups in total.